The second-order valence-corrected chi connectivity index (χ2v) is 4.45. The number of amides is 2. The number of hydrogen-bond acceptors (Lipinski definition) is 5. The van der Waals surface area contributed by atoms with Crippen molar-refractivity contribution in [3.63, 3.8) is 0 Å². The molecule has 1 aromatic heterocycles. The molecule has 2 amide bonds. The van der Waals surface area contributed by atoms with Gasteiger partial charge in [-0.2, -0.15) is 0 Å². The summed E-state index contributed by atoms with van der Waals surface area (Å²) in [6.45, 7) is 3.76. The maximum Gasteiger partial charge on any atom is 0.249 e. The summed E-state index contributed by atoms with van der Waals surface area (Å²) in [6.07, 6.45) is 1.64. The summed E-state index contributed by atoms with van der Waals surface area (Å²) in [5.74, 6) is -0.586. The monoisotopic (exact) mass is 248 g/mol. The third-order valence-corrected chi connectivity index (χ3v) is 2.99. The van der Waals surface area contributed by atoms with E-state index in [-0.39, 0.29) is 30.4 Å². The summed E-state index contributed by atoms with van der Waals surface area (Å²) in [5, 5.41) is 2.30. The molecule has 6 nitrogen and oxygen atoms in total. The third-order valence-electron chi connectivity index (χ3n) is 2.99. The molecule has 0 bridgehead atoms. The van der Waals surface area contributed by atoms with Crippen LogP contribution in [0.4, 0.5) is 5.69 Å². The van der Waals surface area contributed by atoms with Crippen LogP contribution in [-0.4, -0.2) is 29.4 Å². The molecule has 1 aromatic rings. The Balaban J connectivity index is 2.24. The molecule has 0 radical (unpaired) electrons. The third kappa shape index (κ3) is 2.33. The summed E-state index contributed by atoms with van der Waals surface area (Å²) in [6, 6.07) is 3.12. The molecule has 1 unspecified atom stereocenters. The first-order valence-electron chi connectivity index (χ1n) is 5.81. The minimum Gasteiger partial charge on any atom is -0.349 e. The number of carbonyl (C=O) groups is 2. The molecule has 1 saturated heterocycles. The minimum absolute atomic E-state index is 0.136. The lowest BCUT2D eigenvalue weighted by Gasteiger charge is -2.33. The topological polar surface area (TPSA) is 88.3 Å². The van der Waals surface area contributed by atoms with E-state index in [2.05, 4.69) is 10.3 Å². The summed E-state index contributed by atoms with van der Waals surface area (Å²) in [7, 11) is 0. The van der Waals surface area contributed by atoms with Crippen molar-refractivity contribution in [1.82, 2.24) is 10.3 Å². The Labute approximate surface area is 105 Å². The predicted molar refractivity (Wildman–Crippen MR) is 66.8 cm³/mol. The number of pyridine rings is 1. The van der Waals surface area contributed by atoms with Gasteiger partial charge in [0.25, 0.3) is 0 Å². The first-order chi connectivity index (χ1) is 8.49. The van der Waals surface area contributed by atoms with Crippen LogP contribution in [0.3, 0.4) is 0 Å². The van der Waals surface area contributed by atoms with Crippen molar-refractivity contribution in [2.75, 3.05) is 11.4 Å². The van der Waals surface area contributed by atoms with Gasteiger partial charge in [0.1, 0.15) is 6.04 Å². The van der Waals surface area contributed by atoms with Crippen molar-refractivity contribution in [2.24, 2.45) is 5.73 Å². The average molecular weight is 248 g/mol. The summed E-state index contributed by atoms with van der Waals surface area (Å²) in [5.41, 5.74) is 7.24. The number of anilines is 1. The van der Waals surface area contributed by atoms with E-state index < -0.39 is 0 Å². The number of hydrogen-bond donors (Lipinski definition) is 2. The Morgan fingerprint density at radius 3 is 2.78 bits per heavy atom. The first-order valence-corrected chi connectivity index (χ1v) is 5.81. The molecular formula is C12H16N4O2. The van der Waals surface area contributed by atoms with Crippen LogP contribution < -0.4 is 16.0 Å². The van der Waals surface area contributed by atoms with Gasteiger partial charge in [-0.15, -0.1) is 0 Å². The van der Waals surface area contributed by atoms with E-state index in [1.807, 2.05) is 19.1 Å². The van der Waals surface area contributed by atoms with Crippen LogP contribution in [0.25, 0.3) is 0 Å². The van der Waals surface area contributed by atoms with E-state index in [0.29, 0.717) is 0 Å². The lowest BCUT2D eigenvalue weighted by atomic mass is 10.1. The first kappa shape index (κ1) is 12.5. The zero-order valence-corrected chi connectivity index (χ0v) is 10.4. The van der Waals surface area contributed by atoms with Gasteiger partial charge in [0.15, 0.2) is 0 Å². The standard InChI is InChI=1S/C12H16N4O2/c1-7(13)10-4-3-9(5-14-10)16-6-11(17)15-12(18)8(16)2/h3-5,7-8H,6,13H2,1-2H3,(H,15,17,18)/t7-,8?/m1/s1. The van der Waals surface area contributed by atoms with Crippen molar-refractivity contribution in [2.45, 2.75) is 25.9 Å². The number of nitrogens with two attached hydrogens (primary N) is 1. The Bertz CT molecular complexity index is 469. The second-order valence-electron chi connectivity index (χ2n) is 4.45. The molecule has 3 N–H and O–H groups in total. The normalized spacial score (nSPS) is 21.7. The van der Waals surface area contributed by atoms with Crippen molar-refractivity contribution in [3.8, 4) is 0 Å². The molecular weight excluding hydrogens is 232 g/mol. The molecule has 0 saturated carbocycles. The minimum atomic E-state index is -0.384. The number of carbonyl (C=O) groups excluding carboxylic acids is 2. The largest absolute Gasteiger partial charge is 0.349 e. The molecule has 2 heterocycles. The summed E-state index contributed by atoms with van der Waals surface area (Å²) < 4.78 is 0. The van der Waals surface area contributed by atoms with Gasteiger partial charge in [-0.3, -0.25) is 19.9 Å². The predicted octanol–water partition coefficient (Wildman–Crippen LogP) is -0.0474. The van der Waals surface area contributed by atoms with Crippen LogP contribution in [0.1, 0.15) is 25.6 Å². The van der Waals surface area contributed by atoms with Gasteiger partial charge in [-0.05, 0) is 26.0 Å². The highest BCUT2D eigenvalue weighted by Crippen LogP contribution is 2.19. The Hall–Kier alpha value is -1.95. The van der Waals surface area contributed by atoms with Gasteiger partial charge >= 0.3 is 0 Å². The van der Waals surface area contributed by atoms with E-state index in [4.69, 9.17) is 5.73 Å². The number of nitrogens with zero attached hydrogens (tertiary/aromatic N) is 2. The van der Waals surface area contributed by atoms with Crippen LogP contribution in [0, 0.1) is 0 Å². The second kappa shape index (κ2) is 4.73. The average Bonchev–Trinajstić information content (AvgIpc) is 2.34. The summed E-state index contributed by atoms with van der Waals surface area (Å²) in [4.78, 5) is 28.9. The fourth-order valence-electron chi connectivity index (χ4n) is 1.87. The van der Waals surface area contributed by atoms with Crippen molar-refractivity contribution in [1.29, 1.82) is 0 Å². The van der Waals surface area contributed by atoms with Crippen molar-refractivity contribution < 1.29 is 9.59 Å². The molecule has 2 rings (SSSR count). The van der Waals surface area contributed by atoms with Crippen LogP contribution in [0.15, 0.2) is 18.3 Å². The number of nitrogens with one attached hydrogen (secondary N) is 1. The van der Waals surface area contributed by atoms with Crippen LogP contribution in [0.2, 0.25) is 0 Å². The fourth-order valence-corrected chi connectivity index (χ4v) is 1.87. The molecule has 96 valence electrons. The Morgan fingerprint density at radius 2 is 2.22 bits per heavy atom. The quantitative estimate of drug-likeness (QED) is 0.716. The molecule has 0 aliphatic carbocycles. The van der Waals surface area contributed by atoms with Gasteiger partial charge in [-0.25, -0.2) is 0 Å². The van der Waals surface area contributed by atoms with E-state index >= 15 is 0 Å². The number of piperazine rings is 1. The zero-order chi connectivity index (χ0) is 13.3. The molecule has 0 aromatic carbocycles. The molecule has 0 spiro atoms. The molecule has 1 aliphatic heterocycles. The van der Waals surface area contributed by atoms with Crippen LogP contribution in [0.5, 0.6) is 0 Å². The smallest absolute Gasteiger partial charge is 0.249 e. The number of rotatable bonds is 2. The molecule has 18 heavy (non-hydrogen) atoms. The highest BCUT2D eigenvalue weighted by molar-refractivity contribution is 6.04. The SMILES string of the molecule is CC1C(=O)NC(=O)CN1c1ccc([C@@H](C)N)nc1. The number of imide groups is 1. The lowest BCUT2D eigenvalue weighted by Crippen LogP contribution is -2.57. The van der Waals surface area contributed by atoms with Gasteiger partial charge in [0.2, 0.25) is 11.8 Å². The van der Waals surface area contributed by atoms with Gasteiger partial charge in [0, 0.05) is 6.04 Å². The van der Waals surface area contributed by atoms with Gasteiger partial charge < -0.3 is 10.6 Å². The van der Waals surface area contributed by atoms with E-state index in [1.54, 1.807) is 18.0 Å². The van der Waals surface area contributed by atoms with Gasteiger partial charge in [0.05, 0.1) is 24.1 Å². The molecule has 1 fully saturated rings. The van der Waals surface area contributed by atoms with E-state index in [9.17, 15) is 9.59 Å². The molecule has 2 atom stereocenters. The Morgan fingerprint density at radius 1 is 1.50 bits per heavy atom. The molecule has 6 heteroatoms. The van der Waals surface area contributed by atoms with Gasteiger partial charge in [-0.1, -0.05) is 0 Å². The maximum absolute atomic E-state index is 11.5. The van der Waals surface area contributed by atoms with Crippen molar-refractivity contribution in [3.05, 3.63) is 24.0 Å². The summed E-state index contributed by atoms with van der Waals surface area (Å²) >= 11 is 0. The fraction of sp³-hybridized carbons (Fsp3) is 0.417. The van der Waals surface area contributed by atoms with E-state index in [0.717, 1.165) is 11.4 Å². The zero-order valence-electron chi connectivity index (χ0n) is 10.4. The highest BCUT2D eigenvalue weighted by atomic mass is 16.2. The molecule has 1 aliphatic rings. The van der Waals surface area contributed by atoms with Crippen LogP contribution in [-0.2, 0) is 9.59 Å². The number of aromatic nitrogens is 1. The van der Waals surface area contributed by atoms with E-state index in [1.165, 1.54) is 0 Å². The van der Waals surface area contributed by atoms with Crippen LogP contribution >= 0.6 is 0 Å². The lowest BCUT2D eigenvalue weighted by molar-refractivity contribution is -0.132. The van der Waals surface area contributed by atoms with Crippen molar-refractivity contribution >= 4 is 17.5 Å². The maximum atomic E-state index is 11.5. The Kier molecular flexibility index (Phi) is 3.29. The highest BCUT2D eigenvalue weighted by Gasteiger charge is 2.30.